The number of rotatable bonds is 7. The highest BCUT2D eigenvalue weighted by Crippen LogP contribution is 2.39. The molecule has 1 aliphatic rings. The summed E-state index contributed by atoms with van der Waals surface area (Å²) in [4.78, 5) is 28.7. The molecule has 1 fully saturated rings. The number of hydrogen-bond acceptors (Lipinski definition) is 6. The molecule has 0 radical (unpaired) electrons. The monoisotopic (exact) mass is 451 g/mol. The molecule has 1 N–H and O–H groups in total. The molecule has 8 heteroatoms. The molecule has 1 aliphatic carbocycles. The topological polar surface area (TPSA) is 104 Å². The standard InChI is InChI=1S/C25H29N3O5/c1-4-32-25(31)20-14-19(16-10-12-17(13-11-16)24(29)30)21-22(26-20)28(18-8-6-5-7-9-18)27-23(21)33-15(2)3/h10-15,18H,4-9H2,1-3H3,(H,29,30). The maximum atomic E-state index is 12.7. The van der Waals surface area contributed by atoms with Crippen molar-refractivity contribution in [3.63, 3.8) is 0 Å². The fraction of sp³-hybridized carbons (Fsp3) is 0.440. The minimum Gasteiger partial charge on any atom is -0.478 e. The Bertz CT molecular complexity index is 1160. The van der Waals surface area contributed by atoms with Crippen LogP contribution in [0.15, 0.2) is 30.3 Å². The van der Waals surface area contributed by atoms with Crippen molar-refractivity contribution >= 4 is 23.0 Å². The van der Waals surface area contributed by atoms with Gasteiger partial charge in [0.1, 0.15) is 0 Å². The Kier molecular flexibility index (Phi) is 6.62. The Labute approximate surface area is 192 Å². The van der Waals surface area contributed by atoms with Gasteiger partial charge in [-0.3, -0.25) is 0 Å². The summed E-state index contributed by atoms with van der Waals surface area (Å²) < 4.78 is 13.2. The van der Waals surface area contributed by atoms with Crippen molar-refractivity contribution in [1.29, 1.82) is 0 Å². The lowest BCUT2D eigenvalue weighted by atomic mass is 9.95. The molecule has 33 heavy (non-hydrogen) atoms. The predicted molar refractivity (Wildman–Crippen MR) is 124 cm³/mol. The van der Waals surface area contributed by atoms with Gasteiger partial charge in [-0.1, -0.05) is 31.4 Å². The normalized spacial score (nSPS) is 14.5. The molecule has 0 unspecified atom stereocenters. The van der Waals surface area contributed by atoms with Gasteiger partial charge >= 0.3 is 11.9 Å². The zero-order valence-corrected chi connectivity index (χ0v) is 19.2. The molecule has 8 nitrogen and oxygen atoms in total. The van der Waals surface area contributed by atoms with E-state index in [1.54, 1.807) is 37.3 Å². The number of carbonyl (C=O) groups excluding carboxylic acids is 1. The Hall–Kier alpha value is -3.42. The Morgan fingerprint density at radius 2 is 1.85 bits per heavy atom. The van der Waals surface area contributed by atoms with Crippen LogP contribution >= 0.6 is 0 Å². The lowest BCUT2D eigenvalue weighted by Crippen LogP contribution is -2.16. The number of benzene rings is 1. The van der Waals surface area contributed by atoms with Crippen molar-refractivity contribution < 1.29 is 24.2 Å². The van der Waals surface area contributed by atoms with Gasteiger partial charge in [-0.25, -0.2) is 19.3 Å². The highest BCUT2D eigenvalue weighted by molar-refractivity contribution is 6.01. The minimum absolute atomic E-state index is 0.102. The van der Waals surface area contributed by atoms with E-state index in [9.17, 15) is 14.7 Å². The Morgan fingerprint density at radius 3 is 2.45 bits per heavy atom. The third-order valence-corrected chi connectivity index (χ3v) is 5.83. The maximum absolute atomic E-state index is 12.7. The summed E-state index contributed by atoms with van der Waals surface area (Å²) in [5.74, 6) is -1.04. The molecule has 1 aromatic carbocycles. The second-order valence-electron chi connectivity index (χ2n) is 8.56. The van der Waals surface area contributed by atoms with Crippen LogP contribution in [-0.2, 0) is 4.74 Å². The van der Waals surface area contributed by atoms with Gasteiger partial charge in [0.05, 0.1) is 29.7 Å². The van der Waals surface area contributed by atoms with E-state index in [1.165, 1.54) is 6.42 Å². The van der Waals surface area contributed by atoms with Crippen LogP contribution in [-0.4, -0.2) is 44.5 Å². The van der Waals surface area contributed by atoms with E-state index in [0.29, 0.717) is 22.5 Å². The summed E-state index contributed by atoms with van der Waals surface area (Å²) in [5.41, 5.74) is 2.41. The molecule has 0 spiro atoms. The van der Waals surface area contributed by atoms with Crippen LogP contribution in [0.3, 0.4) is 0 Å². The number of ether oxygens (including phenoxy) is 2. The van der Waals surface area contributed by atoms with Crippen molar-refractivity contribution in [1.82, 2.24) is 14.8 Å². The first-order valence-electron chi connectivity index (χ1n) is 11.5. The Morgan fingerprint density at radius 1 is 1.15 bits per heavy atom. The molecular formula is C25H29N3O5. The molecule has 2 heterocycles. The number of esters is 1. The van der Waals surface area contributed by atoms with Crippen LogP contribution in [0, 0.1) is 0 Å². The van der Waals surface area contributed by atoms with Gasteiger partial charge in [-0.05, 0) is 57.4 Å². The molecule has 3 aromatic rings. The SMILES string of the molecule is CCOC(=O)c1cc(-c2ccc(C(=O)O)cc2)c2c(OC(C)C)nn(C3CCCCC3)c2n1. The fourth-order valence-corrected chi connectivity index (χ4v) is 4.32. The highest BCUT2D eigenvalue weighted by atomic mass is 16.5. The van der Waals surface area contributed by atoms with Crippen molar-refractivity contribution in [2.24, 2.45) is 0 Å². The van der Waals surface area contributed by atoms with Gasteiger partial charge in [0.15, 0.2) is 11.3 Å². The van der Waals surface area contributed by atoms with Gasteiger partial charge < -0.3 is 14.6 Å². The number of aromatic nitrogens is 3. The lowest BCUT2D eigenvalue weighted by molar-refractivity contribution is 0.0519. The van der Waals surface area contributed by atoms with Gasteiger partial charge in [0.2, 0.25) is 5.88 Å². The zero-order valence-electron chi connectivity index (χ0n) is 19.2. The smallest absolute Gasteiger partial charge is 0.357 e. The third-order valence-electron chi connectivity index (χ3n) is 5.83. The first-order chi connectivity index (χ1) is 15.9. The van der Waals surface area contributed by atoms with E-state index >= 15 is 0 Å². The second-order valence-corrected chi connectivity index (χ2v) is 8.56. The number of nitrogens with zero attached hydrogens (tertiary/aromatic N) is 3. The third kappa shape index (κ3) is 4.69. The molecular weight excluding hydrogens is 422 g/mol. The van der Waals surface area contributed by atoms with Crippen LogP contribution in [0.1, 0.15) is 79.8 Å². The van der Waals surface area contributed by atoms with Gasteiger partial charge in [-0.15, -0.1) is 5.10 Å². The maximum Gasteiger partial charge on any atom is 0.357 e. The number of fused-ring (bicyclic) bond motifs is 1. The average Bonchev–Trinajstić information content (AvgIpc) is 3.17. The predicted octanol–water partition coefficient (Wildman–Crippen LogP) is 5.27. The number of pyridine rings is 1. The van der Waals surface area contributed by atoms with Crippen molar-refractivity contribution in [3.05, 3.63) is 41.6 Å². The van der Waals surface area contributed by atoms with Crippen molar-refractivity contribution in [3.8, 4) is 17.0 Å². The molecule has 4 rings (SSSR count). The van der Waals surface area contributed by atoms with E-state index in [0.717, 1.165) is 31.2 Å². The van der Waals surface area contributed by atoms with Crippen molar-refractivity contribution in [2.75, 3.05) is 6.61 Å². The lowest BCUT2D eigenvalue weighted by Gasteiger charge is -2.22. The van der Waals surface area contributed by atoms with E-state index in [-0.39, 0.29) is 30.0 Å². The van der Waals surface area contributed by atoms with Gasteiger partial charge in [0.25, 0.3) is 0 Å². The zero-order chi connectivity index (χ0) is 23.5. The molecule has 174 valence electrons. The van der Waals surface area contributed by atoms with E-state index in [2.05, 4.69) is 4.98 Å². The molecule has 0 saturated heterocycles. The quantitative estimate of drug-likeness (QED) is 0.488. The van der Waals surface area contributed by atoms with Crippen molar-refractivity contribution in [2.45, 2.75) is 65.0 Å². The molecule has 0 bridgehead atoms. The molecule has 0 amide bonds. The van der Waals surface area contributed by atoms with Gasteiger partial charge in [0, 0.05) is 5.56 Å². The van der Waals surface area contributed by atoms with E-state index in [4.69, 9.17) is 14.6 Å². The minimum atomic E-state index is -0.998. The summed E-state index contributed by atoms with van der Waals surface area (Å²) in [6.45, 7) is 5.87. The van der Waals surface area contributed by atoms with Crippen LogP contribution in [0.4, 0.5) is 0 Å². The summed E-state index contributed by atoms with van der Waals surface area (Å²) in [6.07, 6.45) is 5.32. The summed E-state index contributed by atoms with van der Waals surface area (Å²) in [6, 6.07) is 8.40. The number of carboxylic acids is 1. The number of hydrogen-bond donors (Lipinski definition) is 1. The Balaban J connectivity index is 1.97. The summed E-state index contributed by atoms with van der Waals surface area (Å²) >= 11 is 0. The fourth-order valence-electron chi connectivity index (χ4n) is 4.32. The summed E-state index contributed by atoms with van der Waals surface area (Å²) in [7, 11) is 0. The van der Waals surface area contributed by atoms with E-state index < -0.39 is 11.9 Å². The largest absolute Gasteiger partial charge is 0.478 e. The highest BCUT2D eigenvalue weighted by Gasteiger charge is 2.27. The first-order valence-corrected chi connectivity index (χ1v) is 11.5. The molecule has 0 aliphatic heterocycles. The number of carboxylic acid groups (broad SMARTS) is 1. The van der Waals surface area contributed by atoms with Crippen LogP contribution in [0.25, 0.3) is 22.2 Å². The molecule has 2 aromatic heterocycles. The summed E-state index contributed by atoms with van der Waals surface area (Å²) in [5, 5.41) is 14.8. The van der Waals surface area contributed by atoms with Crippen LogP contribution in [0.5, 0.6) is 5.88 Å². The average molecular weight is 452 g/mol. The first kappa shape index (κ1) is 22.8. The van der Waals surface area contributed by atoms with E-state index in [1.807, 2.05) is 18.5 Å². The van der Waals surface area contributed by atoms with Gasteiger partial charge in [-0.2, -0.15) is 0 Å². The second kappa shape index (κ2) is 9.60. The number of carbonyl (C=O) groups is 2. The van der Waals surface area contributed by atoms with Crippen LogP contribution in [0.2, 0.25) is 0 Å². The number of aromatic carboxylic acids is 1. The molecule has 1 saturated carbocycles. The molecule has 0 atom stereocenters. The van der Waals surface area contributed by atoms with Crippen LogP contribution < -0.4 is 4.74 Å².